The standard InChI is InChI=1S/C12H13NSe/c1-10(2)8-12(9-13)14-11-6-4-3-5-7-11/h3-8,10H,1-2H3/b12-8+. The first-order valence-corrected chi connectivity index (χ1v) is 6.28. The van der Waals surface area contributed by atoms with Crippen LogP contribution in [0, 0.1) is 17.2 Å². The van der Waals surface area contributed by atoms with Gasteiger partial charge in [-0.3, -0.25) is 0 Å². The Morgan fingerprint density at radius 3 is 2.50 bits per heavy atom. The summed E-state index contributed by atoms with van der Waals surface area (Å²) in [5.41, 5.74) is 0. The van der Waals surface area contributed by atoms with E-state index in [0.717, 1.165) is 4.47 Å². The number of hydrogen-bond acceptors (Lipinski definition) is 1. The molecule has 0 bridgehead atoms. The molecular formula is C12H13NSe. The Balaban J connectivity index is 2.73. The van der Waals surface area contributed by atoms with Crippen molar-refractivity contribution >= 4 is 19.4 Å². The first-order chi connectivity index (χ1) is 6.72. The van der Waals surface area contributed by atoms with Gasteiger partial charge >= 0.3 is 91.4 Å². The number of nitriles is 1. The molecule has 0 amide bonds. The number of benzene rings is 1. The van der Waals surface area contributed by atoms with Gasteiger partial charge < -0.3 is 0 Å². The molecule has 0 atom stereocenters. The molecule has 0 unspecified atom stereocenters. The van der Waals surface area contributed by atoms with Gasteiger partial charge in [0.2, 0.25) is 0 Å². The van der Waals surface area contributed by atoms with Crippen LogP contribution in [-0.4, -0.2) is 15.0 Å². The van der Waals surface area contributed by atoms with E-state index < -0.39 is 0 Å². The minimum atomic E-state index is 0.167. The minimum absolute atomic E-state index is 0.167. The summed E-state index contributed by atoms with van der Waals surface area (Å²) in [5.74, 6) is 0.454. The van der Waals surface area contributed by atoms with Gasteiger partial charge in [-0.15, -0.1) is 0 Å². The molecule has 1 aromatic rings. The number of rotatable bonds is 3. The van der Waals surface area contributed by atoms with Crippen molar-refractivity contribution in [3.05, 3.63) is 40.9 Å². The molecule has 0 aliphatic rings. The van der Waals surface area contributed by atoms with Crippen molar-refractivity contribution in [2.24, 2.45) is 5.92 Å². The molecule has 0 aromatic heterocycles. The molecular weight excluding hydrogens is 237 g/mol. The van der Waals surface area contributed by atoms with Crippen LogP contribution in [0.25, 0.3) is 0 Å². The molecule has 72 valence electrons. The van der Waals surface area contributed by atoms with Crippen molar-refractivity contribution in [2.45, 2.75) is 13.8 Å². The molecule has 1 aromatic carbocycles. The topological polar surface area (TPSA) is 23.8 Å². The summed E-state index contributed by atoms with van der Waals surface area (Å²) >= 11 is 0.167. The second-order valence-corrected chi connectivity index (χ2v) is 5.64. The van der Waals surface area contributed by atoms with Gasteiger partial charge in [0, 0.05) is 0 Å². The van der Waals surface area contributed by atoms with Crippen LogP contribution in [0.5, 0.6) is 0 Å². The van der Waals surface area contributed by atoms with Gasteiger partial charge in [-0.2, -0.15) is 0 Å². The monoisotopic (exact) mass is 251 g/mol. The zero-order chi connectivity index (χ0) is 10.4. The average Bonchev–Trinajstić information content (AvgIpc) is 2.17. The zero-order valence-electron chi connectivity index (χ0n) is 8.40. The second kappa shape index (κ2) is 5.65. The van der Waals surface area contributed by atoms with E-state index >= 15 is 0 Å². The summed E-state index contributed by atoms with van der Waals surface area (Å²) < 4.78 is 2.17. The molecule has 1 nitrogen and oxygen atoms in total. The molecule has 0 heterocycles. The van der Waals surface area contributed by atoms with Crippen LogP contribution >= 0.6 is 0 Å². The van der Waals surface area contributed by atoms with Crippen molar-refractivity contribution in [1.82, 2.24) is 0 Å². The third-order valence-electron chi connectivity index (χ3n) is 1.57. The van der Waals surface area contributed by atoms with Crippen molar-refractivity contribution < 1.29 is 0 Å². The predicted molar refractivity (Wildman–Crippen MR) is 60.4 cm³/mol. The molecule has 0 spiro atoms. The van der Waals surface area contributed by atoms with Crippen LogP contribution < -0.4 is 4.46 Å². The van der Waals surface area contributed by atoms with Crippen LogP contribution in [-0.2, 0) is 0 Å². The molecule has 0 aliphatic heterocycles. The van der Waals surface area contributed by atoms with Gasteiger partial charge in [0.05, 0.1) is 0 Å². The van der Waals surface area contributed by atoms with E-state index in [1.54, 1.807) is 0 Å². The summed E-state index contributed by atoms with van der Waals surface area (Å²) in [6.45, 7) is 4.19. The Bertz CT molecular complexity index is 346. The third-order valence-corrected chi connectivity index (χ3v) is 3.57. The Hall–Kier alpha value is -1.03. The fraction of sp³-hybridized carbons (Fsp3) is 0.250. The molecule has 1 rings (SSSR count). The molecule has 0 radical (unpaired) electrons. The summed E-state index contributed by atoms with van der Waals surface area (Å²) in [7, 11) is 0. The van der Waals surface area contributed by atoms with Gasteiger partial charge in [0.1, 0.15) is 0 Å². The first kappa shape index (κ1) is 11.0. The fourth-order valence-corrected chi connectivity index (χ4v) is 2.97. The van der Waals surface area contributed by atoms with Crippen molar-refractivity contribution in [2.75, 3.05) is 0 Å². The average molecular weight is 250 g/mol. The van der Waals surface area contributed by atoms with E-state index in [1.165, 1.54) is 4.46 Å². The van der Waals surface area contributed by atoms with Crippen molar-refractivity contribution in [1.29, 1.82) is 5.26 Å². The van der Waals surface area contributed by atoms with E-state index in [2.05, 4.69) is 32.0 Å². The number of allylic oxidation sites excluding steroid dienone is 2. The van der Waals surface area contributed by atoms with E-state index in [-0.39, 0.29) is 15.0 Å². The van der Waals surface area contributed by atoms with Crippen molar-refractivity contribution in [3.63, 3.8) is 0 Å². The zero-order valence-corrected chi connectivity index (χ0v) is 10.1. The second-order valence-electron chi connectivity index (χ2n) is 3.30. The summed E-state index contributed by atoms with van der Waals surface area (Å²) in [6.07, 6.45) is 2.05. The normalized spacial score (nSPS) is 11.4. The van der Waals surface area contributed by atoms with Crippen molar-refractivity contribution in [3.8, 4) is 6.07 Å². The van der Waals surface area contributed by atoms with Crippen LogP contribution in [0.4, 0.5) is 0 Å². The molecule has 14 heavy (non-hydrogen) atoms. The molecule has 0 N–H and O–H groups in total. The van der Waals surface area contributed by atoms with Gasteiger partial charge in [0.25, 0.3) is 0 Å². The van der Waals surface area contributed by atoms with Crippen LogP contribution in [0.1, 0.15) is 13.8 Å². The van der Waals surface area contributed by atoms with Crippen LogP contribution in [0.3, 0.4) is 0 Å². The summed E-state index contributed by atoms with van der Waals surface area (Å²) in [5, 5.41) is 8.93. The maximum absolute atomic E-state index is 8.93. The molecule has 0 fully saturated rings. The van der Waals surface area contributed by atoms with E-state index in [1.807, 2.05) is 24.3 Å². The van der Waals surface area contributed by atoms with Gasteiger partial charge in [0.15, 0.2) is 0 Å². The first-order valence-electron chi connectivity index (χ1n) is 4.57. The molecule has 2 heteroatoms. The van der Waals surface area contributed by atoms with E-state index in [4.69, 9.17) is 5.26 Å². The van der Waals surface area contributed by atoms with Gasteiger partial charge in [-0.25, -0.2) is 0 Å². The SMILES string of the molecule is CC(C)/C=C(\C#N)[Se]c1ccccc1. The summed E-state index contributed by atoms with van der Waals surface area (Å²) in [4.78, 5) is 0. The third kappa shape index (κ3) is 3.79. The van der Waals surface area contributed by atoms with Gasteiger partial charge in [-0.05, 0) is 0 Å². The maximum atomic E-state index is 8.93. The molecule has 0 saturated carbocycles. The Morgan fingerprint density at radius 2 is 2.00 bits per heavy atom. The number of hydrogen-bond donors (Lipinski definition) is 0. The summed E-state index contributed by atoms with van der Waals surface area (Å²) in [6, 6.07) is 12.4. The Morgan fingerprint density at radius 1 is 1.36 bits per heavy atom. The Labute approximate surface area is 91.6 Å². The quantitative estimate of drug-likeness (QED) is 0.595. The van der Waals surface area contributed by atoms with E-state index in [9.17, 15) is 0 Å². The number of nitrogens with zero attached hydrogens (tertiary/aromatic N) is 1. The fourth-order valence-electron chi connectivity index (χ4n) is 1.01. The van der Waals surface area contributed by atoms with E-state index in [0.29, 0.717) is 5.92 Å². The molecule has 0 saturated heterocycles. The van der Waals surface area contributed by atoms with Crippen LogP contribution in [0.2, 0.25) is 0 Å². The Kier molecular flexibility index (Phi) is 4.46. The van der Waals surface area contributed by atoms with Gasteiger partial charge in [-0.1, -0.05) is 0 Å². The molecule has 0 aliphatic carbocycles. The predicted octanol–water partition coefficient (Wildman–Crippen LogP) is 2.08. The van der Waals surface area contributed by atoms with Crippen LogP contribution in [0.15, 0.2) is 40.9 Å².